The van der Waals surface area contributed by atoms with Crippen molar-refractivity contribution in [3.8, 4) is 22.8 Å². The summed E-state index contributed by atoms with van der Waals surface area (Å²) in [6.45, 7) is 1.45. The van der Waals surface area contributed by atoms with Gasteiger partial charge in [0.15, 0.2) is 0 Å². The Morgan fingerprint density at radius 3 is 2.32 bits per heavy atom. The molecule has 3 aromatic rings. The van der Waals surface area contributed by atoms with Gasteiger partial charge in [-0.05, 0) is 25.0 Å². The van der Waals surface area contributed by atoms with E-state index in [1.165, 1.54) is 0 Å². The van der Waals surface area contributed by atoms with Gasteiger partial charge >= 0.3 is 0 Å². The number of pyridine rings is 2. The molecule has 1 aliphatic rings. The van der Waals surface area contributed by atoms with Crippen LogP contribution in [0.15, 0.2) is 24.4 Å². The predicted octanol–water partition coefficient (Wildman–Crippen LogP) is 5.25. The van der Waals surface area contributed by atoms with E-state index < -0.39 is 0 Å². The maximum Gasteiger partial charge on any atom is 0.141 e. The number of methoxy groups -OCH3 is 2. The Hall–Kier alpha value is -2.48. The average molecular weight is 463 g/mol. The van der Waals surface area contributed by atoms with Crippen molar-refractivity contribution in [3.05, 3.63) is 34.4 Å². The van der Waals surface area contributed by atoms with Crippen molar-refractivity contribution >= 4 is 45.6 Å². The lowest BCUT2D eigenvalue weighted by Crippen LogP contribution is -2.28. The number of hydrogen-bond acceptors (Lipinski definition) is 7. The number of ether oxygens (including phenoxy) is 3. The van der Waals surface area contributed by atoms with Gasteiger partial charge in [-0.1, -0.05) is 23.2 Å². The monoisotopic (exact) mass is 462 g/mol. The van der Waals surface area contributed by atoms with Crippen molar-refractivity contribution in [2.24, 2.45) is 0 Å². The zero-order valence-electron chi connectivity index (χ0n) is 17.6. The van der Waals surface area contributed by atoms with Crippen molar-refractivity contribution in [1.29, 1.82) is 0 Å². The molecule has 0 atom stereocenters. The van der Waals surface area contributed by atoms with E-state index in [1.807, 2.05) is 19.2 Å². The molecule has 0 saturated carbocycles. The van der Waals surface area contributed by atoms with Crippen LogP contribution in [0.4, 0.5) is 11.6 Å². The molecule has 0 spiro atoms. The molecule has 31 heavy (non-hydrogen) atoms. The highest BCUT2D eigenvalue weighted by Gasteiger charge is 2.22. The molecule has 4 rings (SSSR count). The van der Waals surface area contributed by atoms with Crippen molar-refractivity contribution in [2.75, 3.05) is 45.1 Å². The van der Waals surface area contributed by atoms with Gasteiger partial charge in [0, 0.05) is 54.9 Å². The first-order chi connectivity index (χ1) is 15.0. The topological polar surface area (TPSA) is 77.5 Å². The molecule has 1 aliphatic heterocycles. The maximum absolute atomic E-state index is 6.65. The lowest BCUT2D eigenvalue weighted by Gasteiger charge is -2.25. The molecule has 0 radical (unpaired) electrons. The summed E-state index contributed by atoms with van der Waals surface area (Å²) in [6, 6.07) is 5.82. The number of hydrogen-bond donors (Lipinski definition) is 2. The zero-order chi connectivity index (χ0) is 22.0. The largest absolute Gasteiger partial charge is 0.495 e. The second-order valence-electron chi connectivity index (χ2n) is 7.21. The van der Waals surface area contributed by atoms with Crippen LogP contribution in [0.5, 0.6) is 11.5 Å². The second kappa shape index (κ2) is 9.34. The number of anilines is 2. The summed E-state index contributed by atoms with van der Waals surface area (Å²) in [6.07, 6.45) is 3.62. The van der Waals surface area contributed by atoms with Gasteiger partial charge in [0.25, 0.3) is 0 Å². The van der Waals surface area contributed by atoms with Crippen molar-refractivity contribution in [3.63, 3.8) is 0 Å². The van der Waals surface area contributed by atoms with Crippen molar-refractivity contribution in [2.45, 2.75) is 18.9 Å². The Labute approximate surface area is 191 Å². The number of rotatable bonds is 6. The molecule has 1 fully saturated rings. The molecule has 0 bridgehead atoms. The number of benzene rings is 1. The van der Waals surface area contributed by atoms with Gasteiger partial charge < -0.3 is 24.8 Å². The quantitative estimate of drug-likeness (QED) is 0.517. The highest BCUT2D eigenvalue weighted by Crippen LogP contribution is 2.46. The lowest BCUT2D eigenvalue weighted by molar-refractivity contribution is 0.0904. The Kier molecular flexibility index (Phi) is 6.55. The summed E-state index contributed by atoms with van der Waals surface area (Å²) in [4.78, 5) is 9.38. The highest BCUT2D eigenvalue weighted by atomic mass is 35.5. The molecule has 0 amide bonds. The van der Waals surface area contributed by atoms with Crippen LogP contribution >= 0.6 is 23.2 Å². The van der Waals surface area contributed by atoms with E-state index >= 15 is 0 Å². The van der Waals surface area contributed by atoms with Crippen LogP contribution in [0, 0.1) is 0 Å². The van der Waals surface area contributed by atoms with E-state index in [9.17, 15) is 0 Å². The van der Waals surface area contributed by atoms with Gasteiger partial charge in [-0.15, -0.1) is 0 Å². The fourth-order valence-corrected chi connectivity index (χ4v) is 4.36. The molecule has 3 heterocycles. The molecule has 9 heteroatoms. The first kappa shape index (κ1) is 21.7. The molecule has 0 aliphatic carbocycles. The molecule has 7 nitrogen and oxygen atoms in total. The van der Waals surface area contributed by atoms with Gasteiger partial charge in [-0.3, -0.25) is 0 Å². The Balaban J connectivity index is 1.91. The normalized spacial score (nSPS) is 14.5. The van der Waals surface area contributed by atoms with E-state index in [1.54, 1.807) is 26.5 Å². The first-order valence-electron chi connectivity index (χ1n) is 9.98. The van der Waals surface area contributed by atoms with Gasteiger partial charge in [0.2, 0.25) is 0 Å². The third kappa shape index (κ3) is 4.31. The summed E-state index contributed by atoms with van der Waals surface area (Å²) >= 11 is 13.3. The van der Waals surface area contributed by atoms with Gasteiger partial charge in [-0.2, -0.15) is 0 Å². The Morgan fingerprint density at radius 2 is 1.71 bits per heavy atom. The van der Waals surface area contributed by atoms with Crippen molar-refractivity contribution < 1.29 is 14.2 Å². The van der Waals surface area contributed by atoms with E-state index in [0.717, 1.165) is 48.5 Å². The van der Waals surface area contributed by atoms with Gasteiger partial charge in [-0.25, -0.2) is 9.97 Å². The zero-order valence-corrected chi connectivity index (χ0v) is 19.1. The van der Waals surface area contributed by atoms with Crippen LogP contribution in [-0.2, 0) is 4.74 Å². The first-order valence-corrected chi connectivity index (χ1v) is 10.7. The van der Waals surface area contributed by atoms with E-state index in [-0.39, 0.29) is 6.04 Å². The smallest absolute Gasteiger partial charge is 0.141 e. The van der Waals surface area contributed by atoms with Crippen LogP contribution < -0.4 is 20.1 Å². The summed E-state index contributed by atoms with van der Waals surface area (Å²) in [5, 5.41) is 9.28. The van der Waals surface area contributed by atoms with Crippen LogP contribution in [0.3, 0.4) is 0 Å². The van der Waals surface area contributed by atoms with E-state index in [0.29, 0.717) is 32.8 Å². The summed E-state index contributed by atoms with van der Waals surface area (Å²) < 4.78 is 16.3. The van der Waals surface area contributed by atoms with E-state index in [4.69, 9.17) is 42.4 Å². The molecular weight excluding hydrogens is 439 g/mol. The van der Waals surface area contributed by atoms with Crippen LogP contribution in [0.25, 0.3) is 22.0 Å². The number of fused-ring (bicyclic) bond motifs is 1. The average Bonchev–Trinajstić information content (AvgIpc) is 2.80. The van der Waals surface area contributed by atoms with Crippen LogP contribution in [-0.4, -0.2) is 50.5 Å². The van der Waals surface area contributed by atoms with Crippen molar-refractivity contribution in [1.82, 2.24) is 9.97 Å². The third-order valence-corrected chi connectivity index (χ3v) is 6.11. The SMILES string of the molecule is CNc1cc2c(NC3CCOCC3)nc(-c3c(Cl)c(OC)cc(OC)c3Cl)cc2cn1. The maximum atomic E-state index is 6.65. The van der Waals surface area contributed by atoms with Crippen LogP contribution in [0.1, 0.15) is 12.8 Å². The number of aromatic nitrogens is 2. The van der Waals surface area contributed by atoms with Gasteiger partial charge in [0.1, 0.15) is 23.1 Å². The van der Waals surface area contributed by atoms with E-state index in [2.05, 4.69) is 15.6 Å². The lowest BCUT2D eigenvalue weighted by atomic mass is 10.1. The highest BCUT2D eigenvalue weighted by molar-refractivity contribution is 6.41. The Morgan fingerprint density at radius 1 is 1.03 bits per heavy atom. The molecule has 1 aromatic carbocycles. The molecule has 2 N–H and O–H groups in total. The van der Waals surface area contributed by atoms with Crippen LogP contribution in [0.2, 0.25) is 10.0 Å². The number of nitrogens with one attached hydrogen (secondary N) is 2. The minimum atomic E-state index is 0.261. The standard InChI is InChI=1S/C22H24Cl2N4O3/c1-25-18-9-14-12(11-26-18)8-15(28-22(14)27-13-4-6-31-7-5-13)19-20(23)16(29-2)10-17(30-3)21(19)24/h8-11,13H,4-7H2,1-3H3,(H,25,26)(H,27,28). The molecule has 1 saturated heterocycles. The summed E-state index contributed by atoms with van der Waals surface area (Å²) in [5.74, 6) is 2.42. The number of nitrogens with zero attached hydrogens (tertiary/aromatic N) is 2. The number of halogens is 2. The fraction of sp³-hybridized carbons (Fsp3) is 0.364. The predicted molar refractivity (Wildman–Crippen MR) is 125 cm³/mol. The summed E-state index contributed by atoms with van der Waals surface area (Å²) in [5.41, 5.74) is 1.16. The molecule has 0 unspecified atom stereocenters. The molecule has 2 aromatic heterocycles. The van der Waals surface area contributed by atoms with Gasteiger partial charge in [0.05, 0.1) is 30.0 Å². The third-order valence-electron chi connectivity index (χ3n) is 5.36. The Bertz CT molecular complexity index is 1080. The molecule has 164 valence electrons. The minimum Gasteiger partial charge on any atom is -0.495 e. The minimum absolute atomic E-state index is 0.261. The fourth-order valence-electron chi connectivity index (χ4n) is 3.67. The molecular formula is C22H24Cl2N4O3. The second-order valence-corrected chi connectivity index (χ2v) is 7.97. The summed E-state index contributed by atoms with van der Waals surface area (Å²) in [7, 11) is 4.94.